The van der Waals surface area contributed by atoms with Crippen LogP contribution in [0.4, 0.5) is 0 Å². The molecule has 0 spiro atoms. The summed E-state index contributed by atoms with van der Waals surface area (Å²) in [4.78, 5) is 25.6. The highest BCUT2D eigenvalue weighted by Crippen LogP contribution is 2.19. The summed E-state index contributed by atoms with van der Waals surface area (Å²) in [6.45, 7) is 5.83. The van der Waals surface area contributed by atoms with E-state index in [2.05, 4.69) is 5.32 Å². The Bertz CT molecular complexity index is 538. The van der Waals surface area contributed by atoms with Gasteiger partial charge in [0.2, 0.25) is 0 Å². The lowest BCUT2D eigenvalue weighted by Gasteiger charge is -2.29. The lowest BCUT2D eigenvalue weighted by atomic mass is 9.88. The van der Waals surface area contributed by atoms with Crippen LogP contribution in [0.1, 0.15) is 47.9 Å². The fraction of sp³-hybridized carbons (Fsp3) is 0.529. The monoisotopic (exact) mass is 306 g/mol. The number of nitrogens with zero attached hydrogens (tertiary/aromatic N) is 1. The van der Waals surface area contributed by atoms with Crippen LogP contribution in [0.3, 0.4) is 0 Å². The molecule has 1 aromatic carbocycles. The number of carbonyl (C=O) groups excluding carboxylic acids is 2. The van der Waals surface area contributed by atoms with E-state index < -0.39 is 5.60 Å². The number of hydrogen-bond acceptors (Lipinski definition) is 3. The highest BCUT2D eigenvalue weighted by molar-refractivity contribution is 5.99. The molecule has 0 aliphatic carbocycles. The van der Waals surface area contributed by atoms with Gasteiger partial charge in [-0.25, -0.2) is 0 Å². The standard InChI is InChI=1S/C17H26N2O3/c1-6-12(2)17(3,22)11-18-15(20)13-8-7-9-14(10-13)16(21)19(4)5/h7-10,12,22H,6,11H2,1-5H3,(H,18,20). The number of nitrogens with one attached hydrogen (secondary N) is 1. The molecule has 2 atom stereocenters. The lowest BCUT2D eigenvalue weighted by molar-refractivity contribution is 0.00592. The quantitative estimate of drug-likeness (QED) is 0.843. The molecule has 2 amide bonds. The largest absolute Gasteiger partial charge is 0.388 e. The SMILES string of the molecule is CCC(C)C(C)(O)CNC(=O)c1cccc(C(=O)N(C)C)c1. The summed E-state index contributed by atoms with van der Waals surface area (Å²) in [5.41, 5.74) is -0.0828. The number of rotatable bonds is 6. The minimum absolute atomic E-state index is 0.0782. The molecule has 122 valence electrons. The van der Waals surface area contributed by atoms with E-state index in [0.29, 0.717) is 11.1 Å². The van der Waals surface area contributed by atoms with Crippen LogP contribution in [0.5, 0.6) is 0 Å². The molecule has 5 nitrogen and oxygen atoms in total. The molecule has 0 saturated heterocycles. The average Bonchev–Trinajstić information content (AvgIpc) is 2.50. The zero-order chi connectivity index (χ0) is 16.9. The highest BCUT2D eigenvalue weighted by atomic mass is 16.3. The van der Waals surface area contributed by atoms with Crippen molar-refractivity contribution >= 4 is 11.8 Å². The van der Waals surface area contributed by atoms with Gasteiger partial charge in [0.25, 0.3) is 11.8 Å². The molecule has 0 aliphatic heterocycles. The third-order valence-corrected chi connectivity index (χ3v) is 4.06. The summed E-state index contributed by atoms with van der Waals surface area (Å²) >= 11 is 0. The van der Waals surface area contributed by atoms with E-state index in [0.717, 1.165) is 6.42 Å². The predicted molar refractivity (Wildman–Crippen MR) is 86.9 cm³/mol. The first-order valence-corrected chi connectivity index (χ1v) is 7.51. The second kappa shape index (κ2) is 7.40. The van der Waals surface area contributed by atoms with E-state index in [-0.39, 0.29) is 24.3 Å². The van der Waals surface area contributed by atoms with Gasteiger partial charge in [-0.1, -0.05) is 26.3 Å². The summed E-state index contributed by atoms with van der Waals surface area (Å²) in [7, 11) is 3.33. The highest BCUT2D eigenvalue weighted by Gasteiger charge is 2.27. The Morgan fingerprint density at radius 2 is 1.91 bits per heavy atom. The van der Waals surface area contributed by atoms with E-state index in [1.165, 1.54) is 4.90 Å². The molecule has 0 fully saturated rings. The molecular formula is C17H26N2O3. The molecule has 0 radical (unpaired) electrons. The van der Waals surface area contributed by atoms with Crippen LogP contribution in [0.2, 0.25) is 0 Å². The van der Waals surface area contributed by atoms with E-state index >= 15 is 0 Å². The average molecular weight is 306 g/mol. The van der Waals surface area contributed by atoms with Gasteiger partial charge in [-0.2, -0.15) is 0 Å². The van der Waals surface area contributed by atoms with Gasteiger partial charge in [0.1, 0.15) is 0 Å². The van der Waals surface area contributed by atoms with Gasteiger partial charge in [0.15, 0.2) is 0 Å². The molecule has 1 aromatic rings. The van der Waals surface area contributed by atoms with Gasteiger partial charge in [-0.3, -0.25) is 9.59 Å². The molecule has 0 aliphatic rings. The fourth-order valence-electron chi connectivity index (χ4n) is 2.03. The maximum absolute atomic E-state index is 12.2. The first-order valence-electron chi connectivity index (χ1n) is 7.51. The Balaban J connectivity index is 2.79. The normalized spacial score (nSPS) is 14.8. The van der Waals surface area contributed by atoms with Crippen LogP contribution in [-0.2, 0) is 0 Å². The molecule has 0 saturated carbocycles. The van der Waals surface area contributed by atoms with E-state index in [1.807, 2.05) is 13.8 Å². The molecule has 22 heavy (non-hydrogen) atoms. The Morgan fingerprint density at radius 3 is 2.45 bits per heavy atom. The van der Waals surface area contributed by atoms with E-state index in [4.69, 9.17) is 0 Å². The van der Waals surface area contributed by atoms with Crippen LogP contribution < -0.4 is 5.32 Å². The second-order valence-corrected chi connectivity index (χ2v) is 6.13. The van der Waals surface area contributed by atoms with Crippen molar-refractivity contribution in [2.75, 3.05) is 20.6 Å². The van der Waals surface area contributed by atoms with Crippen molar-refractivity contribution in [2.45, 2.75) is 32.8 Å². The number of aliphatic hydroxyl groups is 1. The lowest BCUT2D eigenvalue weighted by Crippen LogP contribution is -2.45. The summed E-state index contributed by atoms with van der Waals surface area (Å²) in [6.07, 6.45) is 0.829. The predicted octanol–water partition coefficient (Wildman–Crippen LogP) is 1.92. The first kappa shape index (κ1) is 18.2. The minimum Gasteiger partial charge on any atom is -0.388 e. The van der Waals surface area contributed by atoms with Crippen molar-refractivity contribution in [2.24, 2.45) is 5.92 Å². The van der Waals surface area contributed by atoms with Crippen molar-refractivity contribution in [3.05, 3.63) is 35.4 Å². The second-order valence-electron chi connectivity index (χ2n) is 6.13. The Kier molecular flexibility index (Phi) is 6.11. The molecule has 2 unspecified atom stereocenters. The molecule has 1 rings (SSSR count). The van der Waals surface area contributed by atoms with Gasteiger partial charge < -0.3 is 15.3 Å². The van der Waals surface area contributed by atoms with Crippen LogP contribution in [0, 0.1) is 5.92 Å². The van der Waals surface area contributed by atoms with Gasteiger partial charge in [0, 0.05) is 31.8 Å². The summed E-state index contributed by atoms with van der Waals surface area (Å²) in [6, 6.07) is 6.57. The van der Waals surface area contributed by atoms with Gasteiger partial charge in [-0.05, 0) is 31.0 Å². The van der Waals surface area contributed by atoms with Crippen LogP contribution in [-0.4, -0.2) is 48.1 Å². The van der Waals surface area contributed by atoms with E-state index in [9.17, 15) is 14.7 Å². The Labute approximate surface area is 132 Å². The number of amides is 2. The Hall–Kier alpha value is -1.88. The van der Waals surface area contributed by atoms with Crippen LogP contribution in [0.15, 0.2) is 24.3 Å². The van der Waals surface area contributed by atoms with Gasteiger partial charge >= 0.3 is 0 Å². The van der Waals surface area contributed by atoms with Crippen molar-refractivity contribution in [1.82, 2.24) is 10.2 Å². The van der Waals surface area contributed by atoms with E-state index in [1.54, 1.807) is 45.3 Å². The zero-order valence-corrected chi connectivity index (χ0v) is 14.0. The van der Waals surface area contributed by atoms with Crippen molar-refractivity contribution < 1.29 is 14.7 Å². The van der Waals surface area contributed by atoms with Gasteiger partial charge in [-0.15, -0.1) is 0 Å². The van der Waals surface area contributed by atoms with Gasteiger partial charge in [0.05, 0.1) is 5.60 Å². The molecule has 2 N–H and O–H groups in total. The number of benzene rings is 1. The first-order chi connectivity index (χ1) is 10.2. The molecule has 0 heterocycles. The van der Waals surface area contributed by atoms with Crippen LogP contribution >= 0.6 is 0 Å². The molecule has 0 aromatic heterocycles. The third kappa shape index (κ3) is 4.56. The summed E-state index contributed by atoms with van der Waals surface area (Å²) < 4.78 is 0. The maximum Gasteiger partial charge on any atom is 0.253 e. The molecular weight excluding hydrogens is 280 g/mol. The van der Waals surface area contributed by atoms with Crippen molar-refractivity contribution in [1.29, 1.82) is 0 Å². The van der Waals surface area contributed by atoms with Crippen molar-refractivity contribution in [3.8, 4) is 0 Å². The topological polar surface area (TPSA) is 69.6 Å². The minimum atomic E-state index is -0.957. The summed E-state index contributed by atoms with van der Waals surface area (Å²) in [5, 5.41) is 13.1. The Morgan fingerprint density at radius 1 is 1.32 bits per heavy atom. The third-order valence-electron chi connectivity index (χ3n) is 4.06. The number of hydrogen-bond donors (Lipinski definition) is 2. The summed E-state index contributed by atoms with van der Waals surface area (Å²) in [5.74, 6) is -0.368. The van der Waals surface area contributed by atoms with Crippen LogP contribution in [0.25, 0.3) is 0 Å². The van der Waals surface area contributed by atoms with Crippen molar-refractivity contribution in [3.63, 3.8) is 0 Å². The smallest absolute Gasteiger partial charge is 0.253 e. The number of carbonyl (C=O) groups is 2. The maximum atomic E-state index is 12.2. The molecule has 5 heteroatoms. The zero-order valence-electron chi connectivity index (χ0n) is 14.0. The molecule has 0 bridgehead atoms. The fourth-order valence-corrected chi connectivity index (χ4v) is 2.03.